The minimum absolute atomic E-state index is 0.180. The highest BCUT2D eigenvalue weighted by Gasteiger charge is 2.30. The largest absolute Gasteiger partial charge is 0.384 e. The number of nitrogens with one attached hydrogen (secondary N) is 4. The number of carbonyl (C=O) groups excluding carboxylic acids is 1. The molecule has 1 fully saturated rings. The highest BCUT2D eigenvalue weighted by Crippen LogP contribution is 2.35. The van der Waals surface area contributed by atoms with E-state index in [1.54, 1.807) is 18.6 Å². The molecule has 12 heteroatoms. The number of likely N-dealkylation sites (N-methyl/N-ethyl adjacent to an activating group) is 1. The molecule has 47 heavy (non-hydrogen) atoms. The van der Waals surface area contributed by atoms with Crippen molar-refractivity contribution in [3.8, 4) is 33.9 Å². The molecule has 0 saturated carbocycles. The lowest BCUT2D eigenvalue weighted by Crippen LogP contribution is -2.36. The number of piperidine rings is 1. The lowest BCUT2D eigenvalue weighted by molar-refractivity contribution is -0.120. The van der Waals surface area contributed by atoms with Gasteiger partial charge in [-0.05, 0) is 99.5 Å². The van der Waals surface area contributed by atoms with Crippen LogP contribution in [0.25, 0.3) is 55.8 Å². The molecule has 11 nitrogen and oxygen atoms in total. The first-order valence-electron chi connectivity index (χ1n) is 15.8. The standard InChI is InChI=1S/C35H37FN10O/c1-46(2)12-11-40-26-15-22(14-25(36)17-26)31-33-29(7-10-41-31)42-35(43-33)32-27-16-21(3-4-28(27)44-45-32)23-13-24(19-39-18-23)30(34(37)47)20-5-8-38-9-6-20/h3-4,7,10,13-20,30,38,40H,5-6,8-9,11-12H2,1-2H3,(H2,37,47)(H,42,43)(H,44,45). The SMILES string of the molecule is CN(C)CCNc1cc(F)cc(-c2nccc3[nH]c(-c4n[nH]c5ccc(-c6cncc(C(C(N)=O)C7CCNCC7)c6)cc45)nc23)c1. The summed E-state index contributed by atoms with van der Waals surface area (Å²) in [5.74, 6) is -0.326. The number of hydrogen-bond donors (Lipinski definition) is 5. The van der Waals surface area contributed by atoms with Crippen LogP contribution in [-0.2, 0) is 4.79 Å². The van der Waals surface area contributed by atoms with Gasteiger partial charge >= 0.3 is 0 Å². The van der Waals surface area contributed by atoms with Crippen LogP contribution in [0.15, 0.2) is 67.1 Å². The predicted octanol–water partition coefficient (Wildman–Crippen LogP) is 4.91. The number of fused-ring (bicyclic) bond motifs is 2. The molecule has 1 amide bonds. The summed E-state index contributed by atoms with van der Waals surface area (Å²) in [6.07, 6.45) is 7.03. The fourth-order valence-electron chi connectivity index (χ4n) is 6.52. The summed E-state index contributed by atoms with van der Waals surface area (Å²) in [4.78, 5) is 32.1. The number of nitrogens with zero attached hydrogens (tertiary/aromatic N) is 5. The Morgan fingerprint density at radius 1 is 1.02 bits per heavy atom. The summed E-state index contributed by atoms with van der Waals surface area (Å²) < 4.78 is 14.7. The number of hydrogen-bond acceptors (Lipinski definition) is 8. The van der Waals surface area contributed by atoms with Gasteiger partial charge in [0.15, 0.2) is 5.82 Å². The van der Waals surface area contributed by atoms with Gasteiger partial charge in [-0.2, -0.15) is 5.10 Å². The zero-order valence-electron chi connectivity index (χ0n) is 26.3. The van der Waals surface area contributed by atoms with Crippen LogP contribution in [0.3, 0.4) is 0 Å². The van der Waals surface area contributed by atoms with Crippen molar-refractivity contribution in [2.75, 3.05) is 45.6 Å². The van der Waals surface area contributed by atoms with E-state index < -0.39 is 0 Å². The van der Waals surface area contributed by atoms with Gasteiger partial charge in [0.05, 0.1) is 22.6 Å². The highest BCUT2D eigenvalue weighted by molar-refractivity contribution is 5.97. The maximum atomic E-state index is 14.7. The second kappa shape index (κ2) is 12.9. The lowest BCUT2D eigenvalue weighted by atomic mass is 9.80. The maximum absolute atomic E-state index is 14.7. The summed E-state index contributed by atoms with van der Waals surface area (Å²) >= 11 is 0. The Kier molecular flexibility index (Phi) is 8.35. The molecule has 6 aromatic rings. The van der Waals surface area contributed by atoms with Gasteiger partial charge in [0.2, 0.25) is 5.91 Å². The van der Waals surface area contributed by atoms with Crippen LogP contribution in [0.5, 0.6) is 0 Å². The second-order valence-electron chi connectivity index (χ2n) is 12.4. The Balaban J connectivity index is 1.23. The third kappa shape index (κ3) is 6.29. The van der Waals surface area contributed by atoms with E-state index in [1.807, 2.05) is 50.5 Å². The molecule has 1 saturated heterocycles. The molecule has 240 valence electrons. The van der Waals surface area contributed by atoms with E-state index in [0.29, 0.717) is 40.5 Å². The molecule has 1 atom stereocenters. The minimum Gasteiger partial charge on any atom is -0.384 e. The number of carbonyl (C=O) groups is 1. The molecule has 5 heterocycles. The van der Waals surface area contributed by atoms with Crippen molar-refractivity contribution in [2.45, 2.75) is 18.8 Å². The first-order chi connectivity index (χ1) is 22.8. The van der Waals surface area contributed by atoms with Crippen molar-refractivity contribution in [2.24, 2.45) is 11.7 Å². The van der Waals surface area contributed by atoms with Crippen LogP contribution in [0.1, 0.15) is 24.3 Å². The number of halogens is 1. The third-order valence-electron chi connectivity index (χ3n) is 8.86. The van der Waals surface area contributed by atoms with E-state index in [2.05, 4.69) is 40.7 Å². The van der Waals surface area contributed by atoms with Crippen LogP contribution < -0.4 is 16.4 Å². The van der Waals surface area contributed by atoms with Gasteiger partial charge in [0.1, 0.15) is 17.0 Å². The number of rotatable bonds is 10. The second-order valence-corrected chi connectivity index (χ2v) is 12.4. The van der Waals surface area contributed by atoms with Gasteiger partial charge in [0.25, 0.3) is 0 Å². The van der Waals surface area contributed by atoms with Gasteiger partial charge in [-0.25, -0.2) is 9.37 Å². The van der Waals surface area contributed by atoms with E-state index >= 15 is 0 Å². The number of pyridine rings is 2. The number of aromatic amines is 2. The maximum Gasteiger partial charge on any atom is 0.225 e. The molecule has 0 spiro atoms. The molecule has 1 aliphatic rings. The lowest BCUT2D eigenvalue weighted by Gasteiger charge is -2.29. The third-order valence-corrected chi connectivity index (χ3v) is 8.86. The highest BCUT2D eigenvalue weighted by atomic mass is 19.1. The molecular formula is C35H37FN10O. The smallest absolute Gasteiger partial charge is 0.225 e. The molecule has 4 aromatic heterocycles. The zero-order chi connectivity index (χ0) is 32.5. The topological polar surface area (TPSA) is 154 Å². The first-order valence-corrected chi connectivity index (χ1v) is 15.8. The van der Waals surface area contributed by atoms with E-state index in [-0.39, 0.29) is 23.6 Å². The Morgan fingerprint density at radius 3 is 2.68 bits per heavy atom. The van der Waals surface area contributed by atoms with E-state index in [4.69, 9.17) is 10.7 Å². The average molecular weight is 633 g/mol. The number of primary amides is 1. The van der Waals surface area contributed by atoms with Crippen molar-refractivity contribution in [3.05, 3.63) is 78.5 Å². The number of nitrogens with two attached hydrogens (primary N) is 1. The van der Waals surface area contributed by atoms with Gasteiger partial charge in [0, 0.05) is 53.9 Å². The van der Waals surface area contributed by atoms with E-state index in [9.17, 15) is 9.18 Å². The summed E-state index contributed by atoms with van der Waals surface area (Å²) in [5, 5.41) is 15.2. The monoisotopic (exact) mass is 632 g/mol. The van der Waals surface area contributed by atoms with Crippen LogP contribution in [0, 0.1) is 11.7 Å². The summed E-state index contributed by atoms with van der Waals surface area (Å²) in [6, 6.07) is 14.7. The zero-order valence-corrected chi connectivity index (χ0v) is 26.3. The summed E-state index contributed by atoms with van der Waals surface area (Å²) in [5.41, 5.74) is 13.3. The summed E-state index contributed by atoms with van der Waals surface area (Å²) in [6.45, 7) is 3.24. The Labute approximate surface area is 271 Å². The number of anilines is 1. The Bertz CT molecular complexity index is 2060. The van der Waals surface area contributed by atoms with Crippen molar-refractivity contribution < 1.29 is 9.18 Å². The van der Waals surface area contributed by atoms with Crippen LogP contribution in [0.2, 0.25) is 0 Å². The number of aromatic nitrogens is 6. The van der Waals surface area contributed by atoms with Crippen LogP contribution in [0.4, 0.5) is 10.1 Å². The number of amides is 1. The van der Waals surface area contributed by atoms with Crippen molar-refractivity contribution in [1.29, 1.82) is 0 Å². The quantitative estimate of drug-likeness (QED) is 0.143. The minimum atomic E-state index is -0.390. The number of imidazole rings is 1. The predicted molar refractivity (Wildman–Crippen MR) is 182 cm³/mol. The Morgan fingerprint density at radius 2 is 1.87 bits per heavy atom. The molecule has 1 unspecified atom stereocenters. The van der Waals surface area contributed by atoms with Crippen LogP contribution in [-0.4, -0.2) is 81.2 Å². The molecule has 2 aromatic carbocycles. The van der Waals surface area contributed by atoms with Crippen molar-refractivity contribution in [3.63, 3.8) is 0 Å². The molecule has 0 bridgehead atoms. The molecular weight excluding hydrogens is 595 g/mol. The number of H-pyrrole nitrogens is 2. The molecule has 0 radical (unpaired) electrons. The fourth-order valence-corrected chi connectivity index (χ4v) is 6.52. The van der Waals surface area contributed by atoms with Gasteiger partial charge in [-0.15, -0.1) is 0 Å². The van der Waals surface area contributed by atoms with E-state index in [1.165, 1.54) is 12.1 Å². The Hall–Kier alpha value is -5.20. The summed E-state index contributed by atoms with van der Waals surface area (Å²) in [7, 11) is 3.99. The van der Waals surface area contributed by atoms with Gasteiger partial charge in [-0.1, -0.05) is 6.07 Å². The van der Waals surface area contributed by atoms with Gasteiger partial charge < -0.3 is 26.3 Å². The first kappa shape index (κ1) is 30.5. The normalized spacial score (nSPS) is 14.6. The molecule has 1 aliphatic heterocycles. The number of benzene rings is 2. The van der Waals surface area contributed by atoms with Crippen molar-refractivity contribution >= 4 is 33.5 Å². The molecule has 7 rings (SSSR count). The van der Waals surface area contributed by atoms with Gasteiger partial charge in [-0.3, -0.25) is 19.9 Å². The van der Waals surface area contributed by atoms with Crippen molar-refractivity contribution in [1.82, 2.24) is 40.3 Å². The fraction of sp³-hybridized carbons (Fsp3) is 0.286. The molecule has 6 N–H and O–H groups in total. The molecule has 0 aliphatic carbocycles. The average Bonchev–Trinajstić information content (AvgIpc) is 3.69. The van der Waals surface area contributed by atoms with E-state index in [0.717, 1.165) is 65.6 Å². The van der Waals surface area contributed by atoms with Crippen LogP contribution >= 0.6 is 0 Å².